The second-order valence-electron chi connectivity index (χ2n) is 7.62. The summed E-state index contributed by atoms with van der Waals surface area (Å²) < 4.78 is 15.0. The van der Waals surface area contributed by atoms with Crippen molar-refractivity contribution in [3.63, 3.8) is 0 Å². The standard InChI is InChI=1S/C23H21FN4O/c1-15(27-12-18(13-27)16-7-9-19(24)10-8-16)20-14-28-21(23(29)26-20)11-25-22(28)17-5-3-2-4-6-17/h2-11,14-15,18H,12-13H2,1H3,(H,26,29). The molecule has 1 fully saturated rings. The van der Waals surface area contributed by atoms with Crippen LogP contribution in [0.3, 0.4) is 0 Å². The molecule has 1 unspecified atom stereocenters. The van der Waals surface area contributed by atoms with Gasteiger partial charge >= 0.3 is 0 Å². The third-order valence-corrected chi connectivity index (χ3v) is 5.84. The number of rotatable bonds is 4. The molecule has 3 heterocycles. The monoisotopic (exact) mass is 388 g/mol. The van der Waals surface area contributed by atoms with Crippen LogP contribution in [0.5, 0.6) is 0 Å². The molecule has 6 heteroatoms. The summed E-state index contributed by atoms with van der Waals surface area (Å²) in [5.74, 6) is 0.938. The van der Waals surface area contributed by atoms with Crippen molar-refractivity contribution >= 4 is 5.52 Å². The molecule has 1 N–H and O–H groups in total. The Morgan fingerprint density at radius 1 is 1.10 bits per heavy atom. The van der Waals surface area contributed by atoms with Crippen LogP contribution in [0.25, 0.3) is 16.9 Å². The zero-order chi connectivity index (χ0) is 20.0. The van der Waals surface area contributed by atoms with Gasteiger partial charge in [0.1, 0.15) is 17.2 Å². The summed E-state index contributed by atoms with van der Waals surface area (Å²) in [6.07, 6.45) is 3.59. The zero-order valence-electron chi connectivity index (χ0n) is 16.0. The minimum atomic E-state index is -0.210. The van der Waals surface area contributed by atoms with Crippen molar-refractivity contribution in [2.24, 2.45) is 0 Å². The molecule has 1 saturated heterocycles. The van der Waals surface area contributed by atoms with Gasteiger partial charge in [-0.25, -0.2) is 9.37 Å². The Hall–Kier alpha value is -3.25. The Labute approximate surface area is 167 Å². The number of halogens is 1. The zero-order valence-corrected chi connectivity index (χ0v) is 16.0. The summed E-state index contributed by atoms with van der Waals surface area (Å²) in [4.78, 5) is 22.4. The van der Waals surface area contributed by atoms with Crippen LogP contribution in [-0.4, -0.2) is 32.4 Å². The number of benzene rings is 2. The lowest BCUT2D eigenvalue weighted by molar-refractivity contribution is 0.0979. The van der Waals surface area contributed by atoms with Crippen LogP contribution >= 0.6 is 0 Å². The first kappa shape index (κ1) is 17.8. The van der Waals surface area contributed by atoms with Crippen LogP contribution in [0, 0.1) is 5.82 Å². The molecule has 5 nitrogen and oxygen atoms in total. The number of hydrogen-bond acceptors (Lipinski definition) is 3. The molecule has 1 aliphatic rings. The minimum Gasteiger partial charge on any atom is -0.321 e. The van der Waals surface area contributed by atoms with Crippen LogP contribution in [0.1, 0.15) is 30.1 Å². The first-order valence-electron chi connectivity index (χ1n) is 9.75. The van der Waals surface area contributed by atoms with Crippen molar-refractivity contribution in [1.29, 1.82) is 0 Å². The fourth-order valence-corrected chi connectivity index (χ4v) is 4.01. The molecule has 0 radical (unpaired) electrons. The van der Waals surface area contributed by atoms with E-state index in [0.717, 1.165) is 35.7 Å². The number of nitrogens with zero attached hydrogens (tertiary/aromatic N) is 3. The summed E-state index contributed by atoms with van der Waals surface area (Å²) in [5, 5.41) is 0. The van der Waals surface area contributed by atoms with Gasteiger partial charge in [0.05, 0.1) is 11.9 Å². The molecule has 146 valence electrons. The molecule has 5 rings (SSSR count). The molecule has 1 atom stereocenters. The van der Waals surface area contributed by atoms with Crippen molar-refractivity contribution in [1.82, 2.24) is 19.3 Å². The van der Waals surface area contributed by atoms with Crippen LogP contribution in [0.4, 0.5) is 4.39 Å². The molecule has 0 aliphatic carbocycles. The number of fused-ring (bicyclic) bond motifs is 1. The molecule has 29 heavy (non-hydrogen) atoms. The summed E-state index contributed by atoms with van der Waals surface area (Å²) in [5.41, 5.74) is 3.37. The molecule has 0 amide bonds. The second kappa shape index (κ2) is 6.97. The van der Waals surface area contributed by atoms with Gasteiger partial charge in [-0.3, -0.25) is 14.1 Å². The van der Waals surface area contributed by atoms with Gasteiger partial charge in [0.2, 0.25) is 0 Å². The molecule has 1 aliphatic heterocycles. The van der Waals surface area contributed by atoms with Gasteiger partial charge in [0.25, 0.3) is 5.56 Å². The van der Waals surface area contributed by atoms with Crippen LogP contribution < -0.4 is 5.56 Å². The number of aromatic amines is 1. The molecular formula is C23H21FN4O. The average Bonchev–Trinajstić information content (AvgIpc) is 3.13. The van der Waals surface area contributed by atoms with Crippen LogP contribution in [0.15, 0.2) is 71.8 Å². The Kier molecular flexibility index (Phi) is 4.28. The average molecular weight is 388 g/mol. The number of hydrogen-bond donors (Lipinski definition) is 1. The lowest BCUT2D eigenvalue weighted by Gasteiger charge is -2.43. The van der Waals surface area contributed by atoms with E-state index >= 15 is 0 Å². The van der Waals surface area contributed by atoms with Crippen molar-refractivity contribution in [3.8, 4) is 11.4 Å². The number of aromatic nitrogens is 3. The van der Waals surface area contributed by atoms with Gasteiger partial charge < -0.3 is 4.98 Å². The SMILES string of the molecule is CC(c1cn2c(-c3ccccc3)ncc2c(=O)[nH]1)N1CC(c2ccc(F)cc2)C1. The van der Waals surface area contributed by atoms with Gasteiger partial charge in [-0.15, -0.1) is 0 Å². The van der Waals surface area contributed by atoms with Crippen LogP contribution in [0.2, 0.25) is 0 Å². The Morgan fingerprint density at radius 2 is 1.83 bits per heavy atom. The van der Waals surface area contributed by atoms with E-state index in [1.165, 1.54) is 12.1 Å². The van der Waals surface area contributed by atoms with Crippen molar-refractivity contribution in [2.45, 2.75) is 18.9 Å². The Bertz CT molecular complexity index is 1210. The number of nitrogens with one attached hydrogen (secondary N) is 1. The molecular weight excluding hydrogens is 367 g/mol. The molecule has 0 spiro atoms. The van der Waals surface area contributed by atoms with Crippen molar-refractivity contribution in [2.75, 3.05) is 13.1 Å². The first-order chi connectivity index (χ1) is 14.1. The highest BCUT2D eigenvalue weighted by Crippen LogP contribution is 2.33. The topological polar surface area (TPSA) is 53.4 Å². The van der Waals surface area contributed by atoms with Crippen molar-refractivity contribution in [3.05, 3.63) is 94.4 Å². The summed E-state index contributed by atoms with van der Waals surface area (Å²) >= 11 is 0. The highest BCUT2D eigenvalue weighted by molar-refractivity contribution is 5.61. The maximum absolute atomic E-state index is 13.1. The minimum absolute atomic E-state index is 0.0646. The largest absolute Gasteiger partial charge is 0.321 e. The van der Waals surface area contributed by atoms with Crippen LogP contribution in [-0.2, 0) is 0 Å². The maximum atomic E-state index is 13.1. The van der Waals surface area contributed by atoms with Gasteiger partial charge in [0.15, 0.2) is 0 Å². The normalized spacial score (nSPS) is 16.1. The second-order valence-corrected chi connectivity index (χ2v) is 7.62. The van der Waals surface area contributed by atoms with E-state index in [1.54, 1.807) is 6.20 Å². The molecule has 4 aromatic rings. The van der Waals surface area contributed by atoms with E-state index < -0.39 is 0 Å². The molecule has 0 saturated carbocycles. The van der Waals surface area contributed by atoms with Gasteiger partial charge in [0, 0.05) is 36.8 Å². The van der Waals surface area contributed by atoms with E-state index in [0.29, 0.717) is 11.4 Å². The number of likely N-dealkylation sites (tertiary alicyclic amines) is 1. The quantitative estimate of drug-likeness (QED) is 0.575. The van der Waals surface area contributed by atoms with Crippen molar-refractivity contribution < 1.29 is 4.39 Å². The van der Waals surface area contributed by atoms with E-state index in [2.05, 4.69) is 21.8 Å². The number of H-pyrrole nitrogens is 1. The smallest absolute Gasteiger partial charge is 0.274 e. The Balaban J connectivity index is 1.42. The fraction of sp³-hybridized carbons (Fsp3) is 0.217. The van der Waals surface area contributed by atoms with E-state index in [1.807, 2.05) is 53.1 Å². The highest BCUT2D eigenvalue weighted by atomic mass is 19.1. The van der Waals surface area contributed by atoms with Gasteiger partial charge in [-0.2, -0.15) is 0 Å². The maximum Gasteiger partial charge on any atom is 0.274 e. The molecule has 0 bridgehead atoms. The summed E-state index contributed by atoms with van der Waals surface area (Å²) in [6.45, 7) is 3.85. The molecule has 2 aromatic carbocycles. The fourth-order valence-electron chi connectivity index (χ4n) is 4.01. The molecule has 2 aromatic heterocycles. The Morgan fingerprint density at radius 3 is 2.55 bits per heavy atom. The van der Waals surface area contributed by atoms with E-state index in [9.17, 15) is 9.18 Å². The first-order valence-corrected chi connectivity index (χ1v) is 9.75. The third kappa shape index (κ3) is 3.15. The summed E-state index contributed by atoms with van der Waals surface area (Å²) in [7, 11) is 0. The van der Waals surface area contributed by atoms with Gasteiger partial charge in [-0.05, 0) is 24.6 Å². The third-order valence-electron chi connectivity index (χ3n) is 5.84. The predicted molar refractivity (Wildman–Crippen MR) is 110 cm³/mol. The summed E-state index contributed by atoms with van der Waals surface area (Å²) in [6, 6.07) is 16.7. The lowest BCUT2D eigenvalue weighted by Crippen LogP contribution is -2.46. The van der Waals surface area contributed by atoms with E-state index in [4.69, 9.17) is 0 Å². The lowest BCUT2D eigenvalue weighted by atomic mass is 9.90. The highest BCUT2D eigenvalue weighted by Gasteiger charge is 2.32. The number of imidazole rings is 1. The van der Waals surface area contributed by atoms with E-state index in [-0.39, 0.29) is 17.4 Å². The van der Waals surface area contributed by atoms with Gasteiger partial charge in [-0.1, -0.05) is 42.5 Å². The predicted octanol–water partition coefficient (Wildman–Crippen LogP) is 3.99.